The van der Waals surface area contributed by atoms with Gasteiger partial charge in [-0.2, -0.15) is 0 Å². The van der Waals surface area contributed by atoms with Crippen LogP contribution in [0.4, 0.5) is 0 Å². The molecule has 0 aliphatic carbocycles. The van der Waals surface area contributed by atoms with E-state index in [-0.39, 0.29) is 36.3 Å². The number of rotatable bonds is 12. The molecule has 2 aromatic carbocycles. The van der Waals surface area contributed by atoms with Crippen LogP contribution in [0.5, 0.6) is 5.75 Å². The average Bonchev–Trinajstić information content (AvgIpc) is 2.91. The summed E-state index contributed by atoms with van der Waals surface area (Å²) in [5, 5.41) is 0.621. The number of para-hydroxylation sites is 1. The van der Waals surface area contributed by atoms with Crippen molar-refractivity contribution in [2.45, 2.75) is 50.5 Å². The summed E-state index contributed by atoms with van der Waals surface area (Å²) in [7, 11) is 1.24. The van der Waals surface area contributed by atoms with Gasteiger partial charge in [0.1, 0.15) is 0 Å². The molecule has 0 saturated carbocycles. The van der Waals surface area contributed by atoms with Crippen LogP contribution < -0.4 is 4.74 Å². The average molecular weight is 596 g/mol. The fourth-order valence-electron chi connectivity index (χ4n) is 3.51. The zero-order valence-corrected chi connectivity index (χ0v) is 24.2. The van der Waals surface area contributed by atoms with Crippen molar-refractivity contribution < 1.29 is 38.1 Å². The summed E-state index contributed by atoms with van der Waals surface area (Å²) >= 11 is -1.27. The van der Waals surface area contributed by atoms with Crippen LogP contribution >= 0.6 is 0 Å². The van der Waals surface area contributed by atoms with E-state index in [4.69, 9.17) is 18.9 Å². The molecule has 0 aliphatic rings. The summed E-state index contributed by atoms with van der Waals surface area (Å²) in [6.45, 7) is 5.03. The monoisotopic (exact) mass is 596 g/mol. The second kappa shape index (κ2) is 13.9. The molecule has 0 amide bonds. The Balaban J connectivity index is 1.71. The van der Waals surface area contributed by atoms with Crippen LogP contribution in [0.15, 0.2) is 60.7 Å². The van der Waals surface area contributed by atoms with Gasteiger partial charge in [0.05, 0.1) is 0 Å². The Bertz CT molecular complexity index is 1320. The predicted molar refractivity (Wildman–Crippen MR) is 144 cm³/mol. The first kappa shape index (κ1) is 29.8. The van der Waals surface area contributed by atoms with Gasteiger partial charge in [-0.05, 0) is 0 Å². The molecule has 39 heavy (non-hydrogen) atoms. The number of hydrogen-bond donors (Lipinski definition) is 0. The molecular formula is C29H31AsNO8. The van der Waals surface area contributed by atoms with Crippen molar-refractivity contribution in [3.8, 4) is 5.75 Å². The number of carbonyl (C=O) groups is 4. The molecule has 0 N–H and O–H groups in total. The van der Waals surface area contributed by atoms with E-state index in [2.05, 4.69) is 4.98 Å². The van der Waals surface area contributed by atoms with Crippen molar-refractivity contribution in [1.82, 2.24) is 4.98 Å². The Morgan fingerprint density at radius 2 is 1.64 bits per heavy atom. The van der Waals surface area contributed by atoms with Gasteiger partial charge in [-0.15, -0.1) is 0 Å². The molecule has 205 valence electrons. The number of esters is 3. The number of fused-ring (bicyclic) bond motifs is 1. The van der Waals surface area contributed by atoms with Crippen LogP contribution in [0.1, 0.15) is 49.7 Å². The van der Waals surface area contributed by atoms with Gasteiger partial charge < -0.3 is 0 Å². The van der Waals surface area contributed by atoms with Crippen LogP contribution in [0.2, 0.25) is 4.71 Å². The molecule has 1 aromatic heterocycles. The maximum absolute atomic E-state index is 13.3. The third kappa shape index (κ3) is 9.52. The van der Waals surface area contributed by atoms with E-state index in [1.165, 1.54) is 13.2 Å². The molecule has 3 aromatic rings. The summed E-state index contributed by atoms with van der Waals surface area (Å²) in [5.74, 6) is -1.29. The Morgan fingerprint density at radius 1 is 0.949 bits per heavy atom. The Labute approximate surface area is 233 Å². The third-order valence-corrected chi connectivity index (χ3v) is 7.88. The van der Waals surface area contributed by atoms with E-state index in [9.17, 15) is 19.2 Å². The number of nitrogens with zero attached hydrogens (tertiary/aromatic N) is 1. The first-order valence-electron chi connectivity index (χ1n) is 12.3. The number of methoxy groups -OCH3 is 1. The van der Waals surface area contributed by atoms with Gasteiger partial charge in [0.25, 0.3) is 0 Å². The van der Waals surface area contributed by atoms with Crippen LogP contribution in [0.3, 0.4) is 0 Å². The molecule has 1 atom stereocenters. The summed E-state index contributed by atoms with van der Waals surface area (Å²) < 4.78 is 20.1. The maximum atomic E-state index is 13.3. The molecular weight excluding hydrogens is 565 g/mol. The molecule has 10 heteroatoms. The topological polar surface area (TPSA) is 118 Å². The number of ether oxygens (including phenoxy) is 4. The van der Waals surface area contributed by atoms with Gasteiger partial charge in [0.15, 0.2) is 0 Å². The Hall–Kier alpha value is -3.71. The number of benzene rings is 2. The standard InChI is InChI=1S/C29H31AsNO8/c1-29(2,3)39-25(32)15-14-21(28(35)36-4)30-27(34)23-16-24(20-12-8-9-13-22(20)31-23)37-18-26(33)38-17-19-10-6-5-7-11-19/h5-13,16,21H,14-15,17-18H2,1-4H3/t21-/m0/s1. The SMILES string of the molecule is COC(=O)[C@H](CCC(=O)OC(C)(C)C)[As]C(=O)c1cc(OCC(=O)OCc2ccccc2)c2ccccc2n1. The molecule has 0 aliphatic heterocycles. The fourth-order valence-corrected chi connectivity index (χ4v) is 5.61. The summed E-state index contributed by atoms with van der Waals surface area (Å²) in [6, 6.07) is 17.8. The van der Waals surface area contributed by atoms with E-state index in [1.807, 2.05) is 30.3 Å². The second-order valence-electron chi connectivity index (χ2n) is 9.56. The number of hydrogen-bond acceptors (Lipinski definition) is 9. The summed E-state index contributed by atoms with van der Waals surface area (Å²) in [5.41, 5.74) is 0.803. The van der Waals surface area contributed by atoms with E-state index < -0.39 is 44.0 Å². The van der Waals surface area contributed by atoms with Gasteiger partial charge in [0, 0.05) is 0 Å². The molecule has 0 spiro atoms. The van der Waals surface area contributed by atoms with E-state index in [1.54, 1.807) is 45.0 Å². The molecule has 3 rings (SSSR count). The zero-order chi connectivity index (χ0) is 28.4. The van der Waals surface area contributed by atoms with E-state index >= 15 is 0 Å². The quantitative estimate of drug-likeness (QED) is 0.172. The van der Waals surface area contributed by atoms with Crippen LogP contribution in [-0.2, 0) is 35.2 Å². The van der Waals surface area contributed by atoms with Crippen LogP contribution in [0.25, 0.3) is 10.9 Å². The van der Waals surface area contributed by atoms with Gasteiger partial charge in [-0.3, -0.25) is 0 Å². The van der Waals surface area contributed by atoms with Crippen molar-refractivity contribution in [3.63, 3.8) is 0 Å². The third-order valence-electron chi connectivity index (χ3n) is 5.27. The van der Waals surface area contributed by atoms with Crippen LogP contribution in [0, 0.1) is 0 Å². The van der Waals surface area contributed by atoms with Crippen LogP contribution in [-0.4, -0.2) is 62.5 Å². The van der Waals surface area contributed by atoms with Gasteiger partial charge in [-0.1, -0.05) is 6.07 Å². The van der Waals surface area contributed by atoms with Crippen molar-refractivity contribution in [2.75, 3.05) is 13.7 Å². The summed E-state index contributed by atoms with van der Waals surface area (Å²) in [6.07, 6.45) is 0.0993. The molecule has 0 saturated heterocycles. The normalized spacial score (nSPS) is 12.2. The molecule has 0 bridgehead atoms. The van der Waals surface area contributed by atoms with Crippen molar-refractivity contribution in [3.05, 3.63) is 71.9 Å². The minimum absolute atomic E-state index is 0.0233. The van der Waals surface area contributed by atoms with Crippen molar-refractivity contribution in [1.29, 1.82) is 0 Å². The van der Waals surface area contributed by atoms with E-state index in [0.717, 1.165) is 5.56 Å². The molecule has 1 radical (unpaired) electrons. The van der Waals surface area contributed by atoms with Gasteiger partial charge in [-0.25, -0.2) is 0 Å². The molecule has 9 nitrogen and oxygen atoms in total. The minimum atomic E-state index is -1.27. The van der Waals surface area contributed by atoms with Gasteiger partial charge >= 0.3 is 228 Å². The van der Waals surface area contributed by atoms with E-state index in [0.29, 0.717) is 16.7 Å². The predicted octanol–water partition coefficient (Wildman–Crippen LogP) is 4.28. The van der Waals surface area contributed by atoms with Gasteiger partial charge in [0.2, 0.25) is 0 Å². The summed E-state index contributed by atoms with van der Waals surface area (Å²) in [4.78, 5) is 54.6. The number of carbonyl (C=O) groups excluding carboxylic acids is 4. The second-order valence-corrected chi connectivity index (χ2v) is 12.3. The zero-order valence-electron chi connectivity index (χ0n) is 22.3. The van der Waals surface area contributed by atoms with Crippen molar-refractivity contribution in [2.24, 2.45) is 0 Å². The molecule has 0 unspecified atom stereocenters. The Kier molecular flexibility index (Phi) is 10.6. The molecule has 0 fully saturated rings. The Morgan fingerprint density at radius 3 is 2.33 bits per heavy atom. The first-order valence-corrected chi connectivity index (χ1v) is 14.3. The fraction of sp³-hybridized carbons (Fsp3) is 0.345. The number of aromatic nitrogens is 1. The first-order chi connectivity index (χ1) is 18.6. The number of pyridine rings is 1. The molecule has 1 heterocycles. The van der Waals surface area contributed by atoms with Crippen molar-refractivity contribution >= 4 is 49.1 Å².